The van der Waals surface area contributed by atoms with Gasteiger partial charge in [0.2, 0.25) is 20.0 Å². The molecule has 1 aromatic carbocycles. The molecule has 1 unspecified atom stereocenters. The molecule has 1 aromatic rings. The Labute approximate surface area is 198 Å². The topological polar surface area (TPSA) is 84.0 Å². The first-order chi connectivity index (χ1) is 15.7. The number of rotatable bonds is 8. The van der Waals surface area contributed by atoms with Crippen molar-refractivity contribution in [3.63, 3.8) is 0 Å². The van der Waals surface area contributed by atoms with Crippen LogP contribution >= 0.6 is 0 Å². The van der Waals surface area contributed by atoms with Crippen molar-refractivity contribution in [2.45, 2.75) is 58.5 Å². The Bertz CT molecular complexity index is 1090. The van der Waals surface area contributed by atoms with E-state index in [0.29, 0.717) is 44.9 Å². The van der Waals surface area contributed by atoms with E-state index >= 15 is 0 Å². The van der Waals surface area contributed by atoms with Gasteiger partial charge in [-0.25, -0.2) is 21.1 Å². The second-order valence-electron chi connectivity index (χ2n) is 9.39. The van der Waals surface area contributed by atoms with E-state index in [2.05, 4.69) is 12.1 Å². The second kappa shape index (κ2) is 10.1. The lowest BCUT2D eigenvalue weighted by atomic mass is 9.89. The number of benzene rings is 1. The Morgan fingerprint density at radius 1 is 0.939 bits per heavy atom. The van der Waals surface area contributed by atoms with E-state index in [1.165, 1.54) is 11.1 Å². The Morgan fingerprint density at radius 2 is 1.61 bits per heavy atom. The third-order valence-electron chi connectivity index (χ3n) is 7.04. The van der Waals surface area contributed by atoms with E-state index < -0.39 is 20.0 Å². The van der Waals surface area contributed by atoms with Crippen LogP contribution in [-0.2, 0) is 26.5 Å². The third kappa shape index (κ3) is 5.47. The predicted octanol–water partition coefficient (Wildman–Crippen LogP) is 3.27. The Kier molecular flexibility index (Phi) is 7.53. The van der Waals surface area contributed by atoms with Crippen LogP contribution in [0.4, 0.5) is 0 Å². The fourth-order valence-electron chi connectivity index (χ4n) is 5.20. The van der Waals surface area contributed by atoms with Crippen molar-refractivity contribution in [1.29, 1.82) is 0 Å². The highest BCUT2D eigenvalue weighted by Gasteiger charge is 2.35. The molecule has 0 saturated carbocycles. The van der Waals surface area contributed by atoms with E-state index in [-0.39, 0.29) is 17.6 Å². The van der Waals surface area contributed by atoms with Crippen molar-refractivity contribution in [3.8, 4) is 5.75 Å². The molecular formula is C24H36N2O5S2. The molecule has 3 heterocycles. The minimum Gasteiger partial charge on any atom is -0.490 e. The summed E-state index contributed by atoms with van der Waals surface area (Å²) in [5.41, 5.74) is 3.53. The highest BCUT2D eigenvalue weighted by molar-refractivity contribution is 7.89. The maximum Gasteiger partial charge on any atom is 0.214 e. The minimum atomic E-state index is -3.16. The van der Waals surface area contributed by atoms with Gasteiger partial charge in [0.25, 0.3) is 0 Å². The molecule has 0 bridgehead atoms. The van der Waals surface area contributed by atoms with E-state index in [1.54, 1.807) is 8.61 Å². The monoisotopic (exact) mass is 496 g/mol. The number of nitrogens with zero attached hydrogens (tertiary/aromatic N) is 2. The lowest BCUT2D eigenvalue weighted by Gasteiger charge is -2.33. The van der Waals surface area contributed by atoms with E-state index in [0.717, 1.165) is 37.0 Å². The van der Waals surface area contributed by atoms with Crippen LogP contribution in [0.15, 0.2) is 24.3 Å². The average molecular weight is 497 g/mol. The van der Waals surface area contributed by atoms with Crippen LogP contribution in [0, 0.1) is 5.92 Å². The maximum atomic E-state index is 12.3. The SMILES string of the molecule is CCCS(=O)(=O)N1CC=C(c2ccc3c(c2)CC(C2CCN(S(=O)(=O)CCC)CC2)O3)CC1. The first-order valence-electron chi connectivity index (χ1n) is 12.2. The number of sulfonamides is 2. The molecular weight excluding hydrogens is 460 g/mol. The number of fused-ring (bicyclic) bond motifs is 1. The van der Waals surface area contributed by atoms with Crippen LogP contribution in [-0.4, -0.2) is 69.2 Å². The molecule has 0 aromatic heterocycles. The van der Waals surface area contributed by atoms with Crippen molar-refractivity contribution >= 4 is 25.6 Å². The van der Waals surface area contributed by atoms with Crippen LogP contribution < -0.4 is 4.74 Å². The van der Waals surface area contributed by atoms with Crippen LogP contribution in [0.2, 0.25) is 0 Å². The quantitative estimate of drug-likeness (QED) is 0.552. The molecule has 33 heavy (non-hydrogen) atoms. The molecule has 3 aliphatic heterocycles. The summed E-state index contributed by atoms with van der Waals surface area (Å²) in [6.45, 7) is 5.92. The van der Waals surface area contributed by atoms with Gasteiger partial charge in [0, 0.05) is 32.6 Å². The molecule has 0 amide bonds. The molecule has 184 valence electrons. The molecule has 1 saturated heterocycles. The van der Waals surface area contributed by atoms with Gasteiger partial charge in [-0.15, -0.1) is 0 Å². The second-order valence-corrected chi connectivity index (χ2v) is 13.6. The summed E-state index contributed by atoms with van der Waals surface area (Å²) in [5, 5.41) is 0. The Balaban J connectivity index is 1.37. The van der Waals surface area contributed by atoms with E-state index in [4.69, 9.17) is 4.74 Å². The van der Waals surface area contributed by atoms with Crippen molar-refractivity contribution in [3.05, 3.63) is 35.4 Å². The molecule has 1 fully saturated rings. The fourth-order valence-corrected chi connectivity index (χ4v) is 8.19. The van der Waals surface area contributed by atoms with E-state index in [9.17, 15) is 16.8 Å². The predicted molar refractivity (Wildman–Crippen MR) is 131 cm³/mol. The molecule has 0 spiro atoms. The summed E-state index contributed by atoms with van der Waals surface area (Å²) < 4.78 is 58.8. The highest BCUT2D eigenvalue weighted by Crippen LogP contribution is 2.38. The number of piperidine rings is 1. The van der Waals surface area contributed by atoms with Crippen LogP contribution in [0.3, 0.4) is 0 Å². The van der Waals surface area contributed by atoms with Gasteiger partial charge in [-0.05, 0) is 66.9 Å². The van der Waals surface area contributed by atoms with Crippen molar-refractivity contribution in [2.75, 3.05) is 37.7 Å². The van der Waals surface area contributed by atoms with Gasteiger partial charge in [0.1, 0.15) is 11.9 Å². The standard InChI is InChI=1S/C24H36N2O5S2/c1-3-15-32(27,28)25-11-7-19(8-12-25)21-5-6-23-22(17-21)18-24(31-23)20-9-13-26(14-10-20)33(29,30)16-4-2/h5-7,17,20,24H,3-4,8-16,18H2,1-2H3. The summed E-state index contributed by atoms with van der Waals surface area (Å²) in [6, 6.07) is 6.30. The summed E-state index contributed by atoms with van der Waals surface area (Å²) in [4.78, 5) is 0. The van der Waals surface area contributed by atoms with Crippen molar-refractivity contribution in [1.82, 2.24) is 8.61 Å². The third-order valence-corrected chi connectivity index (χ3v) is 11.2. The smallest absolute Gasteiger partial charge is 0.214 e. The number of hydrogen-bond donors (Lipinski definition) is 0. The largest absolute Gasteiger partial charge is 0.490 e. The van der Waals surface area contributed by atoms with Gasteiger partial charge in [-0.1, -0.05) is 26.0 Å². The molecule has 3 aliphatic rings. The van der Waals surface area contributed by atoms with Gasteiger partial charge in [-0.3, -0.25) is 0 Å². The summed E-state index contributed by atoms with van der Waals surface area (Å²) >= 11 is 0. The highest BCUT2D eigenvalue weighted by atomic mass is 32.2. The van der Waals surface area contributed by atoms with Gasteiger partial charge >= 0.3 is 0 Å². The lowest BCUT2D eigenvalue weighted by molar-refractivity contribution is 0.116. The minimum absolute atomic E-state index is 0.0984. The molecule has 9 heteroatoms. The average Bonchev–Trinajstić information content (AvgIpc) is 3.23. The van der Waals surface area contributed by atoms with Crippen LogP contribution in [0.1, 0.15) is 57.1 Å². The zero-order chi connectivity index (χ0) is 23.6. The van der Waals surface area contributed by atoms with Gasteiger partial charge in [-0.2, -0.15) is 4.31 Å². The van der Waals surface area contributed by atoms with Crippen molar-refractivity contribution < 1.29 is 21.6 Å². The molecule has 1 atom stereocenters. The first kappa shape index (κ1) is 24.7. The number of ether oxygens (including phenoxy) is 1. The molecule has 0 N–H and O–H groups in total. The summed E-state index contributed by atoms with van der Waals surface area (Å²) in [6.07, 6.45) is 6.66. The fraction of sp³-hybridized carbons (Fsp3) is 0.667. The maximum absolute atomic E-state index is 12.3. The molecule has 4 rings (SSSR count). The van der Waals surface area contributed by atoms with Crippen molar-refractivity contribution in [2.24, 2.45) is 5.92 Å². The molecule has 7 nitrogen and oxygen atoms in total. The Hall–Kier alpha value is -1.42. The normalized spacial score (nSPS) is 23.2. The van der Waals surface area contributed by atoms with Gasteiger partial charge in [0.15, 0.2) is 0 Å². The number of hydrogen-bond acceptors (Lipinski definition) is 5. The van der Waals surface area contributed by atoms with Crippen LogP contribution in [0.5, 0.6) is 5.75 Å². The van der Waals surface area contributed by atoms with Crippen LogP contribution in [0.25, 0.3) is 5.57 Å². The van der Waals surface area contributed by atoms with Gasteiger partial charge in [0.05, 0.1) is 11.5 Å². The summed E-state index contributed by atoms with van der Waals surface area (Å²) in [5.74, 6) is 1.72. The zero-order valence-corrected chi connectivity index (χ0v) is 21.3. The summed E-state index contributed by atoms with van der Waals surface area (Å²) in [7, 11) is -6.28. The lowest BCUT2D eigenvalue weighted by Crippen LogP contribution is -2.43. The molecule has 0 aliphatic carbocycles. The molecule has 0 radical (unpaired) electrons. The Morgan fingerprint density at radius 3 is 2.21 bits per heavy atom. The zero-order valence-electron chi connectivity index (χ0n) is 19.7. The first-order valence-corrected chi connectivity index (χ1v) is 15.4. The van der Waals surface area contributed by atoms with E-state index in [1.807, 2.05) is 26.0 Å². The van der Waals surface area contributed by atoms with Gasteiger partial charge < -0.3 is 4.74 Å².